The van der Waals surface area contributed by atoms with E-state index in [1.165, 1.54) is 141 Å². The number of nitrogens with one attached hydrogen (secondary N) is 1. The highest BCUT2D eigenvalue weighted by atomic mass is 16.3. The molecule has 3 atom stereocenters. The Bertz CT molecular complexity index is 530. The average molecular weight is 584 g/mol. The van der Waals surface area contributed by atoms with Gasteiger partial charge in [0, 0.05) is 6.42 Å². The Morgan fingerprint density at radius 2 is 0.829 bits per heavy atom. The van der Waals surface area contributed by atoms with Gasteiger partial charge in [0.05, 0.1) is 18.8 Å². The minimum atomic E-state index is -1.13. The highest BCUT2D eigenvalue weighted by Crippen LogP contribution is 2.16. The summed E-state index contributed by atoms with van der Waals surface area (Å²) in [5.41, 5.74) is 0. The molecule has 1 amide bonds. The molecule has 0 fully saturated rings. The van der Waals surface area contributed by atoms with Crippen molar-refractivity contribution >= 4 is 5.91 Å². The van der Waals surface area contributed by atoms with Crippen LogP contribution >= 0.6 is 0 Å². The fraction of sp³-hybridized carbons (Fsp3) is 0.972. The Kier molecular flexibility index (Phi) is 31.8. The van der Waals surface area contributed by atoms with E-state index in [4.69, 9.17) is 0 Å². The lowest BCUT2D eigenvalue weighted by Crippen LogP contribution is -2.50. The fourth-order valence-electron chi connectivity index (χ4n) is 5.81. The quantitative estimate of drug-likeness (QED) is 0.0579. The van der Waals surface area contributed by atoms with Crippen LogP contribution < -0.4 is 5.32 Å². The van der Waals surface area contributed by atoms with Gasteiger partial charge >= 0.3 is 0 Å². The van der Waals surface area contributed by atoms with E-state index in [2.05, 4.69) is 19.2 Å². The molecule has 0 aromatic carbocycles. The summed E-state index contributed by atoms with van der Waals surface area (Å²) in [6.07, 6.45) is 33.3. The summed E-state index contributed by atoms with van der Waals surface area (Å²) >= 11 is 0. The van der Waals surface area contributed by atoms with Crippen molar-refractivity contribution in [2.24, 2.45) is 0 Å². The van der Waals surface area contributed by atoms with Gasteiger partial charge < -0.3 is 20.6 Å². The maximum absolute atomic E-state index is 12.3. The van der Waals surface area contributed by atoms with E-state index in [9.17, 15) is 20.1 Å². The van der Waals surface area contributed by atoms with Crippen LogP contribution in [0.15, 0.2) is 0 Å². The monoisotopic (exact) mass is 584 g/mol. The largest absolute Gasteiger partial charge is 0.394 e. The van der Waals surface area contributed by atoms with E-state index in [0.29, 0.717) is 12.8 Å². The van der Waals surface area contributed by atoms with E-state index in [0.717, 1.165) is 32.1 Å². The summed E-state index contributed by atoms with van der Waals surface area (Å²) in [5.74, 6) is -0.143. The van der Waals surface area contributed by atoms with Crippen LogP contribution in [0.2, 0.25) is 0 Å². The van der Waals surface area contributed by atoms with Gasteiger partial charge in [0.25, 0.3) is 0 Å². The maximum atomic E-state index is 12.3. The molecule has 0 spiro atoms. The number of hydrogen-bond acceptors (Lipinski definition) is 4. The van der Waals surface area contributed by atoms with Crippen molar-refractivity contribution in [3.8, 4) is 0 Å². The first-order valence-corrected chi connectivity index (χ1v) is 18.3. The number of rotatable bonds is 33. The van der Waals surface area contributed by atoms with Gasteiger partial charge in [0.15, 0.2) is 0 Å². The summed E-state index contributed by atoms with van der Waals surface area (Å²) in [6, 6.07) is -0.800. The average Bonchev–Trinajstić information content (AvgIpc) is 2.97. The minimum absolute atomic E-state index is 0.143. The first-order chi connectivity index (χ1) is 20.1. The van der Waals surface area contributed by atoms with Crippen molar-refractivity contribution in [2.45, 2.75) is 218 Å². The van der Waals surface area contributed by atoms with E-state index in [1.54, 1.807) is 0 Å². The van der Waals surface area contributed by atoms with Gasteiger partial charge in [-0.15, -0.1) is 0 Å². The number of carbonyl (C=O) groups is 1. The molecule has 0 saturated heterocycles. The van der Waals surface area contributed by atoms with Gasteiger partial charge in [0.1, 0.15) is 6.10 Å². The normalized spacial score (nSPS) is 13.8. The van der Waals surface area contributed by atoms with Crippen molar-refractivity contribution in [1.82, 2.24) is 5.32 Å². The van der Waals surface area contributed by atoms with Crippen LogP contribution in [0.25, 0.3) is 0 Å². The standard InChI is InChI=1S/C36H73NO4/c1-3-5-7-9-11-13-15-17-19-21-23-25-27-29-31-35(40)37-33(32-38)36(41)34(39)30-28-26-24-22-20-18-16-14-12-10-8-6-4-2/h33-34,36,38-39,41H,3-32H2,1-2H3,(H,37,40)/t33-,34+,36-/m0/s1. The van der Waals surface area contributed by atoms with Crippen LogP contribution in [0.5, 0.6) is 0 Å². The second-order valence-electron chi connectivity index (χ2n) is 12.8. The van der Waals surface area contributed by atoms with E-state index < -0.39 is 18.2 Å². The van der Waals surface area contributed by atoms with Gasteiger partial charge in [0.2, 0.25) is 5.91 Å². The topological polar surface area (TPSA) is 89.8 Å². The number of aliphatic hydroxyl groups excluding tert-OH is 3. The SMILES string of the molecule is CCCCCCCCCCCCCCCCC(=O)N[C@@H](CO)[C@H](O)[C@H](O)CCCCCCCCCCCCCCC. The van der Waals surface area contributed by atoms with Crippen molar-refractivity contribution in [3.05, 3.63) is 0 Å². The Morgan fingerprint density at radius 1 is 0.512 bits per heavy atom. The van der Waals surface area contributed by atoms with Crippen LogP contribution in [0.1, 0.15) is 200 Å². The second kappa shape index (κ2) is 32.3. The molecule has 41 heavy (non-hydrogen) atoms. The smallest absolute Gasteiger partial charge is 0.220 e. The predicted molar refractivity (Wildman–Crippen MR) is 176 cm³/mol. The molecule has 0 unspecified atom stereocenters. The zero-order valence-electron chi connectivity index (χ0n) is 27.7. The first-order valence-electron chi connectivity index (χ1n) is 18.3. The number of aliphatic hydroxyl groups is 3. The van der Waals surface area contributed by atoms with Crippen LogP contribution in [0.3, 0.4) is 0 Å². The van der Waals surface area contributed by atoms with E-state index >= 15 is 0 Å². The molecule has 0 aromatic heterocycles. The molecule has 246 valence electrons. The third-order valence-electron chi connectivity index (χ3n) is 8.71. The lowest BCUT2D eigenvalue weighted by atomic mass is 9.99. The molecule has 0 saturated carbocycles. The molecule has 5 nitrogen and oxygen atoms in total. The van der Waals surface area contributed by atoms with Gasteiger partial charge in [-0.1, -0.05) is 181 Å². The summed E-state index contributed by atoms with van der Waals surface area (Å²) < 4.78 is 0. The molecule has 0 aliphatic carbocycles. The highest BCUT2D eigenvalue weighted by Gasteiger charge is 2.26. The fourth-order valence-corrected chi connectivity index (χ4v) is 5.81. The molecule has 5 heteroatoms. The molecule has 0 heterocycles. The van der Waals surface area contributed by atoms with Crippen LogP contribution in [0, 0.1) is 0 Å². The van der Waals surface area contributed by atoms with E-state index in [-0.39, 0.29) is 12.5 Å². The summed E-state index contributed by atoms with van der Waals surface area (Å²) in [4.78, 5) is 12.3. The lowest BCUT2D eigenvalue weighted by Gasteiger charge is -2.26. The zero-order chi connectivity index (χ0) is 30.2. The van der Waals surface area contributed by atoms with Gasteiger partial charge in [-0.2, -0.15) is 0 Å². The zero-order valence-corrected chi connectivity index (χ0v) is 27.7. The Labute approximate surface area is 256 Å². The molecule has 0 aromatic rings. The predicted octanol–water partition coefficient (Wildman–Crippen LogP) is 9.54. The first kappa shape index (κ1) is 40.4. The third kappa shape index (κ3) is 27.9. The molecule has 0 rings (SSSR count). The van der Waals surface area contributed by atoms with Gasteiger partial charge in [-0.25, -0.2) is 0 Å². The molecule has 0 aliphatic heterocycles. The number of hydrogen-bond donors (Lipinski definition) is 4. The van der Waals surface area contributed by atoms with Crippen LogP contribution in [0.4, 0.5) is 0 Å². The van der Waals surface area contributed by atoms with Crippen molar-refractivity contribution in [1.29, 1.82) is 0 Å². The van der Waals surface area contributed by atoms with E-state index in [1.807, 2.05) is 0 Å². The van der Waals surface area contributed by atoms with Crippen molar-refractivity contribution in [2.75, 3.05) is 6.61 Å². The molecular weight excluding hydrogens is 510 g/mol. The summed E-state index contributed by atoms with van der Waals surface area (Å²) in [6.45, 7) is 4.17. The highest BCUT2D eigenvalue weighted by molar-refractivity contribution is 5.76. The molecule has 4 N–H and O–H groups in total. The number of unbranched alkanes of at least 4 members (excludes halogenated alkanes) is 25. The second-order valence-corrected chi connectivity index (χ2v) is 12.8. The number of amides is 1. The van der Waals surface area contributed by atoms with Crippen molar-refractivity contribution in [3.63, 3.8) is 0 Å². The van der Waals surface area contributed by atoms with Crippen LogP contribution in [-0.4, -0.2) is 46.1 Å². The Hall–Kier alpha value is -0.650. The minimum Gasteiger partial charge on any atom is -0.394 e. The molecule has 0 radical (unpaired) electrons. The van der Waals surface area contributed by atoms with Gasteiger partial charge in [-0.3, -0.25) is 4.79 Å². The molecule has 0 bridgehead atoms. The van der Waals surface area contributed by atoms with Crippen LogP contribution in [-0.2, 0) is 4.79 Å². The molecular formula is C36H73NO4. The Balaban J connectivity index is 3.67. The van der Waals surface area contributed by atoms with Crippen molar-refractivity contribution < 1.29 is 20.1 Å². The summed E-state index contributed by atoms with van der Waals surface area (Å²) in [7, 11) is 0. The summed E-state index contributed by atoms with van der Waals surface area (Å²) in [5, 5.41) is 33.3. The third-order valence-corrected chi connectivity index (χ3v) is 8.71. The van der Waals surface area contributed by atoms with Gasteiger partial charge in [-0.05, 0) is 12.8 Å². The Morgan fingerprint density at radius 3 is 1.17 bits per heavy atom. The lowest BCUT2D eigenvalue weighted by molar-refractivity contribution is -0.124. The maximum Gasteiger partial charge on any atom is 0.220 e. The number of carbonyl (C=O) groups excluding carboxylic acids is 1. The molecule has 0 aliphatic rings.